The second kappa shape index (κ2) is 34.1. The molecule has 10 rings (SSSR count). The van der Waals surface area contributed by atoms with Crippen LogP contribution in [-0.2, 0) is 35.2 Å². The number of rotatable bonds is 32. The fourth-order valence-electron chi connectivity index (χ4n) is 15.4. The smallest absolute Gasteiger partial charge is 0.407 e. The molecule has 6 N–H and O–H groups in total. The fraction of sp³-hybridized carbons (Fsp3) is 0.583. The second-order valence-corrected chi connectivity index (χ2v) is 29.3. The number of azide groups is 3. The number of ether oxygens (including phenoxy) is 2. The molecule has 0 radical (unpaired) electrons. The molecule has 4 saturated carbocycles. The number of unbranched alkanes of at least 4 members (excludes halogenated alkanes) is 3. The first kappa shape index (κ1) is 74.1. The summed E-state index contributed by atoms with van der Waals surface area (Å²) in [5.74, 6) is -1.73. The van der Waals surface area contributed by atoms with Gasteiger partial charge >= 0.3 is 12.1 Å². The number of nitrogens with one attached hydrogen (secondary N) is 6. The summed E-state index contributed by atoms with van der Waals surface area (Å²) in [7, 11) is 0. The van der Waals surface area contributed by atoms with Gasteiger partial charge in [-0.1, -0.05) is 91.6 Å². The standard InChI is InChI=1S/C72H96N18O8S/c1-45(2)56-35-51(36-57(46(3)4)62(56)84-87-74)89-30-32-90(33-31-89)68(99)78-29-17-14-24-61(66(94)98-70(5,6)7)82-64(92)59(22-13-16-28-77-67(95)71-37-47-34-48(38-71)40-72(39-47,44-71)85-88-75)81-65(93)60(23-12-15-27-76-63(91)49-25-26-50(79-41-49)42-80-86-73)83-69(96)97-43-58-54-20-10-8-18-52(54)53-19-9-11-21-55(53)58/h8-11,18-21,25-26,35-36,41,45-48,58-61H,12-17,22-24,27-34,37-40,42-44H2,1-7H3,(H,76,91)(H,77,95)(H,78,99)(H,81,93)(H,82,92)(H,83,96)/t47-,48+,59-,60-,61-,71?,72?/m0/s1. The van der Waals surface area contributed by atoms with Crippen molar-refractivity contribution >= 4 is 64.4 Å². The largest absolute Gasteiger partial charge is 0.458 e. The van der Waals surface area contributed by atoms with E-state index < -0.39 is 58.6 Å². The Morgan fingerprint density at radius 2 is 1.25 bits per heavy atom. The molecule has 26 nitrogen and oxygen atoms in total. The summed E-state index contributed by atoms with van der Waals surface area (Å²) in [5.41, 5.74) is 34.2. The van der Waals surface area contributed by atoms with E-state index in [1.54, 1.807) is 32.9 Å². The van der Waals surface area contributed by atoms with E-state index in [-0.39, 0.29) is 75.1 Å². The van der Waals surface area contributed by atoms with Crippen LogP contribution in [0.3, 0.4) is 0 Å². The lowest BCUT2D eigenvalue weighted by molar-refractivity contribution is -0.159. The van der Waals surface area contributed by atoms with Crippen LogP contribution in [0.1, 0.15) is 201 Å². The molecule has 1 aliphatic heterocycles. The second-order valence-electron chi connectivity index (χ2n) is 28.9. The van der Waals surface area contributed by atoms with Gasteiger partial charge in [-0.2, -0.15) is 0 Å². The SMILES string of the molecule is CC(C)c1cc(N2CCN(C(=S)NCCCC[C@H](NC(=O)[C@H](CCCCNC(=O)C34C[C@@H]5C[C@@H](CC(N=[N+]=[N-])(C5)C3)C4)NC(=O)[C@H](CCCCNC(=O)c3ccc(CN=[N+]=[N-])nc3)NC(=O)OCC3c4ccccc4-c4ccccc43)C(=O)OC(C)(C)C)CC2)cc(C(C)C)c1N=[N+]=[N-]. The number of esters is 1. The first-order chi connectivity index (χ1) is 47.5. The Balaban J connectivity index is 0.863. The van der Waals surface area contributed by atoms with E-state index in [0.29, 0.717) is 98.5 Å². The molecule has 1 aromatic heterocycles. The zero-order valence-corrected chi connectivity index (χ0v) is 59.0. The van der Waals surface area contributed by atoms with E-state index in [0.717, 1.165) is 84.3 Å². The summed E-state index contributed by atoms with van der Waals surface area (Å²) in [5, 5.41) is 30.6. The normalized spacial score (nSPS) is 19.8. The van der Waals surface area contributed by atoms with Crippen LogP contribution in [0, 0.1) is 17.3 Å². The van der Waals surface area contributed by atoms with Gasteiger partial charge in [0, 0.05) is 89.7 Å². The summed E-state index contributed by atoms with van der Waals surface area (Å²) in [6.45, 7) is 17.5. The molecule has 1 saturated heterocycles. The van der Waals surface area contributed by atoms with Crippen molar-refractivity contribution in [3.63, 3.8) is 0 Å². The minimum atomic E-state index is -1.23. The van der Waals surface area contributed by atoms with E-state index in [9.17, 15) is 39.8 Å². The van der Waals surface area contributed by atoms with Gasteiger partial charge in [0.15, 0.2) is 5.11 Å². The summed E-state index contributed by atoms with van der Waals surface area (Å²) in [6.07, 6.45) is 8.15. The quantitative estimate of drug-likeness (QED) is 0.00662. The number of pyridine rings is 1. The Morgan fingerprint density at radius 1 is 0.687 bits per heavy atom. The number of aromatic nitrogens is 1. The highest BCUT2D eigenvalue weighted by atomic mass is 32.1. The molecule has 2 unspecified atom stereocenters. The van der Waals surface area contributed by atoms with Crippen LogP contribution in [-0.4, -0.2) is 132 Å². The average Bonchev–Trinajstić information content (AvgIpc) is 1.31. The van der Waals surface area contributed by atoms with Crippen molar-refractivity contribution in [2.24, 2.45) is 32.6 Å². The van der Waals surface area contributed by atoms with Gasteiger partial charge in [0.05, 0.1) is 23.1 Å². The van der Waals surface area contributed by atoms with E-state index in [1.165, 1.54) is 6.20 Å². The van der Waals surface area contributed by atoms with Crippen molar-refractivity contribution in [1.29, 1.82) is 0 Å². The number of nitrogens with zero attached hydrogens (tertiary/aromatic N) is 12. The van der Waals surface area contributed by atoms with Crippen LogP contribution >= 0.6 is 12.2 Å². The first-order valence-electron chi connectivity index (χ1n) is 35.1. The summed E-state index contributed by atoms with van der Waals surface area (Å²) < 4.78 is 11.9. The predicted molar refractivity (Wildman–Crippen MR) is 382 cm³/mol. The third-order valence-corrected chi connectivity index (χ3v) is 20.2. The highest BCUT2D eigenvalue weighted by Crippen LogP contribution is 2.63. The highest BCUT2D eigenvalue weighted by molar-refractivity contribution is 7.80. The Kier molecular flexibility index (Phi) is 25.5. The van der Waals surface area contributed by atoms with Crippen molar-refractivity contribution in [2.45, 2.75) is 198 Å². The van der Waals surface area contributed by atoms with Gasteiger partial charge in [0.2, 0.25) is 17.7 Å². The number of benzene rings is 3. The van der Waals surface area contributed by atoms with Gasteiger partial charge in [-0.3, -0.25) is 24.2 Å². The number of amides is 5. The zero-order valence-electron chi connectivity index (χ0n) is 58.1. The Morgan fingerprint density at radius 3 is 1.81 bits per heavy atom. The first-order valence-corrected chi connectivity index (χ1v) is 35.5. The van der Waals surface area contributed by atoms with Gasteiger partial charge < -0.3 is 51.2 Å². The van der Waals surface area contributed by atoms with Crippen molar-refractivity contribution in [3.8, 4) is 11.1 Å². The van der Waals surface area contributed by atoms with E-state index in [1.807, 2.05) is 48.5 Å². The molecule has 3 aromatic carbocycles. The molecule has 7 atom stereocenters. The van der Waals surface area contributed by atoms with Crippen LogP contribution in [0.2, 0.25) is 0 Å². The van der Waals surface area contributed by atoms with Gasteiger partial charge in [-0.05, 0) is 227 Å². The lowest BCUT2D eigenvalue weighted by Gasteiger charge is -2.59. The third kappa shape index (κ3) is 19.4. The monoisotopic (exact) mass is 1370 g/mol. The van der Waals surface area contributed by atoms with Crippen molar-refractivity contribution in [3.05, 3.63) is 144 Å². The molecule has 5 aliphatic carbocycles. The molecule has 4 bridgehead atoms. The van der Waals surface area contributed by atoms with Crippen molar-refractivity contribution in [1.82, 2.24) is 41.8 Å². The number of fused-ring (bicyclic) bond motifs is 3. The number of hydrogen-bond acceptors (Lipinski definition) is 14. The predicted octanol–water partition coefficient (Wildman–Crippen LogP) is 13.0. The number of piperazine rings is 1. The number of hydrogen-bond donors (Lipinski definition) is 6. The molecule has 5 fully saturated rings. The number of thiocarbonyl (C=S) groups is 1. The van der Waals surface area contributed by atoms with Crippen LogP contribution in [0.15, 0.2) is 94.3 Å². The topological polar surface area (TPSA) is 359 Å². The minimum absolute atomic E-state index is 0.0232. The van der Waals surface area contributed by atoms with Crippen LogP contribution in [0.4, 0.5) is 16.2 Å². The Bertz CT molecular complexity index is 3630. The van der Waals surface area contributed by atoms with Gasteiger partial charge in [0.1, 0.15) is 30.3 Å². The third-order valence-electron chi connectivity index (χ3n) is 19.8. The molecule has 0 spiro atoms. The molecular formula is C72H96N18O8S. The fourth-order valence-corrected chi connectivity index (χ4v) is 15.7. The van der Waals surface area contributed by atoms with Crippen LogP contribution in [0.5, 0.6) is 0 Å². The summed E-state index contributed by atoms with van der Waals surface area (Å²) in [6, 6.07) is 19.8. The van der Waals surface area contributed by atoms with Gasteiger partial charge in [-0.15, -0.1) is 0 Å². The molecule has 528 valence electrons. The van der Waals surface area contributed by atoms with Crippen molar-refractivity contribution < 1.29 is 38.2 Å². The summed E-state index contributed by atoms with van der Waals surface area (Å²) in [4.78, 5) is 103. The minimum Gasteiger partial charge on any atom is -0.458 e. The molecule has 4 aromatic rings. The number of carbonyl (C=O) groups excluding carboxylic acids is 6. The lowest BCUT2D eigenvalue weighted by Crippen LogP contribution is -2.59. The van der Waals surface area contributed by atoms with Crippen molar-refractivity contribution in [2.75, 3.05) is 57.3 Å². The molecule has 27 heteroatoms. The molecule has 99 heavy (non-hydrogen) atoms. The van der Waals surface area contributed by atoms with Crippen LogP contribution < -0.4 is 36.8 Å². The number of alkyl carbamates (subject to hydrolysis) is 1. The van der Waals surface area contributed by atoms with Gasteiger partial charge in [0.25, 0.3) is 5.91 Å². The van der Waals surface area contributed by atoms with E-state index >= 15 is 0 Å². The molecular weight excluding hydrogens is 1280 g/mol. The van der Waals surface area contributed by atoms with Gasteiger partial charge in [-0.25, -0.2) is 9.59 Å². The van der Waals surface area contributed by atoms with Crippen LogP contribution in [0.25, 0.3) is 42.5 Å². The maximum atomic E-state index is 14.9. The summed E-state index contributed by atoms with van der Waals surface area (Å²) >= 11 is 5.91. The average molecular weight is 1370 g/mol. The molecule has 5 amide bonds. The van der Waals surface area contributed by atoms with E-state index in [2.05, 4.69) is 117 Å². The Labute approximate surface area is 584 Å². The number of carbonyl (C=O) groups is 6. The lowest BCUT2D eigenvalue weighted by atomic mass is 9.47. The Hall–Kier alpha value is -9.15. The highest BCUT2D eigenvalue weighted by Gasteiger charge is 2.60. The zero-order chi connectivity index (χ0) is 70.9. The number of anilines is 1. The molecule has 6 aliphatic rings. The maximum absolute atomic E-state index is 14.9. The van der Waals surface area contributed by atoms with E-state index in [4.69, 9.17) is 27.2 Å². The molecule has 2 heterocycles. The maximum Gasteiger partial charge on any atom is 0.407 e.